The summed E-state index contributed by atoms with van der Waals surface area (Å²) in [6.45, 7) is 5.33. The molecule has 6 rings (SSSR count). The number of carboxylic acid groups (broad SMARTS) is 1. The second-order valence-electron chi connectivity index (χ2n) is 29.9. The highest BCUT2D eigenvalue weighted by molar-refractivity contribution is 8.00. The van der Waals surface area contributed by atoms with Crippen LogP contribution in [0.1, 0.15) is 95.5 Å². The van der Waals surface area contributed by atoms with E-state index in [1.165, 1.54) is 47.5 Å². The molecule has 13 unspecified atom stereocenters. The van der Waals surface area contributed by atoms with E-state index in [1.54, 1.807) is 105 Å². The molecular formula is C79H112N24O18S. The van der Waals surface area contributed by atoms with Crippen LogP contribution in [0, 0.1) is 16.7 Å². The minimum absolute atomic E-state index is 0.0211. The van der Waals surface area contributed by atoms with Gasteiger partial charge in [-0.1, -0.05) is 92.7 Å². The summed E-state index contributed by atoms with van der Waals surface area (Å²) in [5, 5.41) is 69.7. The maximum absolute atomic E-state index is 15.2. The number of nitrogens with one attached hydrogen (secondary N) is 17. The number of rotatable bonds is 24. The maximum atomic E-state index is 15.2. The minimum atomic E-state index is -2.02. The topological polar surface area (TPSA) is 650 Å². The number of likely N-dealkylation sites (N-methyl/N-ethyl adjacent to an activating group) is 3. The van der Waals surface area contributed by atoms with Gasteiger partial charge in [0.25, 0.3) is 0 Å². The fourth-order valence-corrected chi connectivity index (χ4v) is 13.8. The van der Waals surface area contributed by atoms with E-state index in [1.807, 2.05) is 0 Å². The number of carbonyl (C=O) groups is 16. The van der Waals surface area contributed by atoms with Gasteiger partial charge in [-0.25, -0.2) is 4.98 Å². The lowest BCUT2D eigenvalue weighted by atomic mass is 10.00. The minimum Gasteiger partial charge on any atom is -0.481 e. The van der Waals surface area contributed by atoms with Gasteiger partial charge in [0.1, 0.15) is 78.5 Å². The van der Waals surface area contributed by atoms with E-state index in [0.29, 0.717) is 33.3 Å². The molecule has 1 saturated heterocycles. The van der Waals surface area contributed by atoms with Crippen molar-refractivity contribution in [3.8, 4) is 0 Å². The number of imidazole rings is 1. The van der Waals surface area contributed by atoms with Crippen LogP contribution >= 0.6 is 11.8 Å². The third kappa shape index (κ3) is 30.9. The van der Waals surface area contributed by atoms with Crippen LogP contribution in [-0.2, 0) is 102 Å². The van der Waals surface area contributed by atoms with Crippen LogP contribution in [0.4, 0.5) is 0 Å². The molecule has 0 spiro atoms. The Morgan fingerprint density at radius 2 is 1.02 bits per heavy atom. The number of amides is 15. The lowest BCUT2D eigenvalue weighted by Gasteiger charge is -2.35. The van der Waals surface area contributed by atoms with Gasteiger partial charge in [0.2, 0.25) is 88.6 Å². The lowest BCUT2D eigenvalue weighted by molar-refractivity contribution is -0.148. The normalized spacial score (nSPS) is 23.4. The molecule has 3 heterocycles. The van der Waals surface area contributed by atoms with E-state index in [9.17, 15) is 67.7 Å². The molecular weight excluding hydrogens is 1610 g/mol. The number of para-hydroxylation sites is 1. The van der Waals surface area contributed by atoms with Gasteiger partial charge in [-0.05, 0) is 81.5 Å². The van der Waals surface area contributed by atoms with Crippen molar-refractivity contribution in [2.45, 2.75) is 177 Å². The molecule has 1 aliphatic rings. The second-order valence-corrected chi connectivity index (χ2v) is 30.9. The summed E-state index contributed by atoms with van der Waals surface area (Å²) in [5.41, 5.74) is 19.0. The molecule has 662 valence electrons. The van der Waals surface area contributed by atoms with E-state index in [2.05, 4.69) is 84.1 Å². The number of fused-ring (bicyclic) bond motifs is 1. The Morgan fingerprint density at radius 1 is 0.533 bits per heavy atom. The number of benzene rings is 3. The quantitative estimate of drug-likeness (QED) is 0.0156. The molecule has 15 amide bonds. The Kier molecular flexibility index (Phi) is 38.5. The van der Waals surface area contributed by atoms with Crippen molar-refractivity contribution in [3.05, 3.63) is 126 Å². The zero-order valence-electron chi connectivity index (χ0n) is 69.1. The molecule has 42 nitrogen and oxygen atoms in total. The Morgan fingerprint density at radius 3 is 1.58 bits per heavy atom. The highest BCUT2D eigenvalue weighted by Crippen LogP contribution is 2.22. The van der Waals surface area contributed by atoms with Gasteiger partial charge in [0.15, 0.2) is 11.9 Å². The van der Waals surface area contributed by atoms with Crippen LogP contribution in [0.3, 0.4) is 0 Å². The van der Waals surface area contributed by atoms with Gasteiger partial charge in [0.05, 0.1) is 31.7 Å². The average molecular weight is 1720 g/mol. The molecule has 25 N–H and O–H groups in total. The highest BCUT2D eigenvalue weighted by Gasteiger charge is 2.41. The monoisotopic (exact) mass is 1720 g/mol. The van der Waals surface area contributed by atoms with Crippen molar-refractivity contribution < 1.29 is 86.9 Å². The third-order valence-electron chi connectivity index (χ3n) is 20.0. The summed E-state index contributed by atoms with van der Waals surface area (Å²) in [4.78, 5) is 243. The number of aliphatic hydroxyl groups is 1. The summed E-state index contributed by atoms with van der Waals surface area (Å²) in [6.07, 6.45) is 1.58. The predicted molar refractivity (Wildman–Crippen MR) is 447 cm³/mol. The van der Waals surface area contributed by atoms with Gasteiger partial charge in [-0.3, -0.25) is 87.5 Å². The number of hydrogen-bond acceptors (Lipinski definition) is 21. The van der Waals surface area contributed by atoms with Gasteiger partial charge in [-0.15, -0.1) is 11.8 Å². The molecule has 0 bridgehead atoms. The molecule has 1 fully saturated rings. The van der Waals surface area contributed by atoms with Gasteiger partial charge >= 0.3 is 5.97 Å². The summed E-state index contributed by atoms with van der Waals surface area (Å²) >= 11 is 0.743. The fraction of sp³-hybridized carbons (Fsp3) is 0.481. The first-order chi connectivity index (χ1) is 57.8. The second kappa shape index (κ2) is 48.1. The van der Waals surface area contributed by atoms with E-state index in [-0.39, 0.29) is 76.8 Å². The Bertz CT molecular complexity index is 4500. The zero-order valence-corrected chi connectivity index (χ0v) is 69.9. The first kappa shape index (κ1) is 97.6. The van der Waals surface area contributed by atoms with Crippen LogP contribution in [-0.4, -0.2) is 284 Å². The largest absolute Gasteiger partial charge is 0.481 e. The number of H-pyrrole nitrogens is 2. The Labute approximate surface area is 707 Å². The van der Waals surface area contributed by atoms with E-state index < -0.39 is 216 Å². The number of carbonyl (C=O) groups excluding carboxylic acids is 15. The first-order valence-corrected chi connectivity index (χ1v) is 40.6. The van der Waals surface area contributed by atoms with Gasteiger partial charge in [0, 0.05) is 94.7 Å². The van der Waals surface area contributed by atoms with E-state index in [4.69, 9.17) is 28.0 Å². The number of hydrogen-bond donors (Lipinski definition) is 22. The van der Waals surface area contributed by atoms with Crippen LogP contribution < -0.4 is 86.3 Å². The third-order valence-corrected chi connectivity index (χ3v) is 21.0. The molecule has 122 heavy (non-hydrogen) atoms. The van der Waals surface area contributed by atoms with Crippen molar-refractivity contribution in [2.24, 2.45) is 23.1 Å². The number of thioether (sulfide) groups is 1. The molecule has 2 aromatic heterocycles. The summed E-state index contributed by atoms with van der Waals surface area (Å²) in [5.74, 6) is -18.8. The van der Waals surface area contributed by atoms with E-state index in [0.717, 1.165) is 33.4 Å². The highest BCUT2D eigenvalue weighted by atomic mass is 32.2. The fourth-order valence-electron chi connectivity index (χ4n) is 12.9. The summed E-state index contributed by atoms with van der Waals surface area (Å²) < 4.78 is 0. The number of carboxylic acids is 1. The first-order valence-electron chi connectivity index (χ1n) is 39.4. The van der Waals surface area contributed by atoms with Crippen molar-refractivity contribution in [3.63, 3.8) is 0 Å². The number of nitrogens with two attached hydrogens (primary N) is 3. The molecule has 13 atom stereocenters. The van der Waals surface area contributed by atoms with Crippen molar-refractivity contribution >= 4 is 129 Å². The van der Waals surface area contributed by atoms with Gasteiger partial charge in [-0.2, -0.15) is 0 Å². The van der Waals surface area contributed by atoms with Crippen molar-refractivity contribution in [2.75, 3.05) is 58.9 Å². The number of nitrogens with zero attached hydrogens (tertiary/aromatic N) is 4. The van der Waals surface area contributed by atoms with Crippen molar-refractivity contribution in [1.29, 1.82) is 10.8 Å². The van der Waals surface area contributed by atoms with Crippen LogP contribution in [0.15, 0.2) is 104 Å². The van der Waals surface area contributed by atoms with E-state index >= 15 is 19.2 Å². The van der Waals surface area contributed by atoms with Crippen LogP contribution in [0.25, 0.3) is 10.9 Å². The number of primary amides is 1. The molecule has 0 aliphatic carbocycles. The van der Waals surface area contributed by atoms with Crippen LogP contribution in [0.2, 0.25) is 0 Å². The number of aliphatic carboxylic acids is 1. The van der Waals surface area contributed by atoms with Crippen LogP contribution in [0.5, 0.6) is 0 Å². The predicted octanol–water partition coefficient (Wildman–Crippen LogP) is -5.06. The molecule has 3 aromatic carbocycles. The standard InChI is InChI=1S/C79H112N24O18S/c1-42(2)29-54-71(115)97-55(33-49-36-85-41-90-49)72(116)98-58(32-48-35-88-51-24-16-15-23-50(48)51)75(119)101(6)44(4)66(110)93-52(25-17-27-86-78(81)82)69(113)91-43(3)65(109)95-56(34-64(107)108)73(117)94-53(26-18-28-87-79(83)84)70(114)100-60(68(112)89-37-62(80)105)39-122-40-63(106)92-57(30-46-19-11-9-12-20-46)76(120)103(8)61(31-47-21-13-10-14-22-47)77(121)102(7)45(5)67(111)99-59(38-104)74(118)96-54/h9-16,19-24,35-36,41-45,52-61,88,104H,17-18,25-34,37-40H2,1-8H3,(H2,80,105)(H,85,90)(H,89,112)(H,91,113)(H,92,106)(H,93,110)(H,94,117)(H,95,109)(H,96,118)(H,97,115)(H,98,116)(H,99,111)(H,100,114)(H,107,108)(H4,81,82,86)(H4,83,84,87). The lowest BCUT2D eigenvalue weighted by Crippen LogP contribution is -2.61. The smallest absolute Gasteiger partial charge is 0.305 e. The Hall–Kier alpha value is -13.2. The van der Waals surface area contributed by atoms with Gasteiger partial charge < -0.3 is 121 Å². The molecule has 5 aromatic rings. The molecule has 0 radical (unpaired) electrons. The maximum Gasteiger partial charge on any atom is 0.305 e. The number of aromatic amines is 2. The SMILES string of the molecule is CC(C)CC1NC(=O)C(CO)NC(=O)C(C)N(C)C(=O)C(Cc2ccccc2)N(C)C(=O)C(Cc2ccccc2)NC(=O)CSCC(C(=O)NCC(N)=O)NC(=O)C(CCCNC(=N)N)NC(=O)C(CC(=O)O)NC(=O)C(C)NC(=O)C(CCCNC(=N)N)NC(=O)C(C)N(C)C(=O)C(Cc2c[nH]c3ccccc23)NC(=O)C(Cc2cnc[nH]2)NC1=O. The molecule has 43 heteroatoms. The summed E-state index contributed by atoms with van der Waals surface area (Å²) in [6, 6.07) is 3.07. The molecule has 1 aliphatic heterocycles. The Balaban J connectivity index is 1.44. The number of guanidine groups is 2. The number of aromatic nitrogens is 3. The molecule has 0 saturated carbocycles. The average Bonchev–Trinajstić information content (AvgIpc) is 1.35. The van der Waals surface area contributed by atoms with Crippen molar-refractivity contribution in [1.82, 2.24) is 98.8 Å². The summed E-state index contributed by atoms with van der Waals surface area (Å²) in [7, 11) is 3.83. The zero-order chi connectivity index (χ0) is 90.0. The number of aliphatic hydroxyl groups excluding tert-OH is 1.